The number of hydrogen-bond acceptors (Lipinski definition) is 3. The molecule has 24 heavy (non-hydrogen) atoms. The van der Waals surface area contributed by atoms with Gasteiger partial charge in [0, 0.05) is 11.8 Å². The van der Waals surface area contributed by atoms with Crippen LogP contribution in [0.25, 0.3) is 0 Å². The Hall–Kier alpha value is -0.410. The minimum absolute atomic E-state index is 0.00597. The molecule has 3 heteroatoms. The minimum Gasteiger partial charge on any atom is -0.373 e. The highest BCUT2D eigenvalue weighted by Gasteiger charge is 2.61. The van der Waals surface area contributed by atoms with E-state index in [9.17, 15) is 4.79 Å². The Kier molecular flexibility index (Phi) is 3.49. The van der Waals surface area contributed by atoms with Gasteiger partial charge in [-0.25, -0.2) is 0 Å². The summed E-state index contributed by atoms with van der Waals surface area (Å²) >= 11 is 0. The highest BCUT2D eigenvalue weighted by molar-refractivity contribution is 5.87. The number of fused-ring (bicyclic) bond motifs is 6. The van der Waals surface area contributed by atoms with Crippen molar-refractivity contribution < 1.29 is 14.3 Å². The highest BCUT2D eigenvalue weighted by Crippen LogP contribution is 2.65. The fourth-order valence-corrected chi connectivity index (χ4v) is 7.75. The summed E-state index contributed by atoms with van der Waals surface area (Å²) in [5.74, 6) is 3.58. The average molecular weight is 332 g/mol. The molecule has 5 aliphatic rings. The van der Waals surface area contributed by atoms with E-state index in [0.717, 1.165) is 50.2 Å². The molecule has 0 aromatic heterocycles. The summed E-state index contributed by atoms with van der Waals surface area (Å²) in [6.07, 6.45) is 10.1. The molecular formula is C21H32O3. The molecule has 0 amide bonds. The van der Waals surface area contributed by atoms with Crippen LogP contribution in [0.1, 0.15) is 65.2 Å². The SMILES string of the molecule is C[C@]12CC3OCCOC3C[C@@H]1CC[C@@H]1[C@@H]2CC[C@]2(C)C(=O)CC[C@@H]12. The third-order valence-corrected chi connectivity index (χ3v) is 9.09. The lowest BCUT2D eigenvalue weighted by Gasteiger charge is -2.61. The molecule has 1 aliphatic heterocycles. The van der Waals surface area contributed by atoms with E-state index in [0.29, 0.717) is 29.3 Å². The van der Waals surface area contributed by atoms with E-state index in [-0.39, 0.29) is 5.41 Å². The van der Waals surface area contributed by atoms with Gasteiger partial charge in [0.2, 0.25) is 0 Å². The largest absolute Gasteiger partial charge is 0.373 e. The minimum atomic E-state index is 0.00597. The molecule has 2 unspecified atom stereocenters. The number of rotatable bonds is 0. The van der Waals surface area contributed by atoms with Gasteiger partial charge in [-0.2, -0.15) is 0 Å². The Morgan fingerprint density at radius 3 is 2.58 bits per heavy atom. The summed E-state index contributed by atoms with van der Waals surface area (Å²) < 4.78 is 12.2. The third-order valence-electron chi connectivity index (χ3n) is 9.09. The number of carbonyl (C=O) groups excluding carboxylic acids is 1. The van der Waals surface area contributed by atoms with Crippen LogP contribution >= 0.6 is 0 Å². The highest BCUT2D eigenvalue weighted by atomic mass is 16.6. The molecule has 0 aromatic carbocycles. The molecule has 3 nitrogen and oxygen atoms in total. The van der Waals surface area contributed by atoms with E-state index >= 15 is 0 Å². The van der Waals surface area contributed by atoms with Crippen molar-refractivity contribution in [2.75, 3.05) is 13.2 Å². The van der Waals surface area contributed by atoms with Crippen LogP contribution in [-0.4, -0.2) is 31.2 Å². The number of Topliss-reactive ketones (excluding diaryl/α,β-unsaturated/α-hetero) is 1. The van der Waals surface area contributed by atoms with Crippen LogP contribution < -0.4 is 0 Å². The lowest BCUT2D eigenvalue weighted by Crippen LogP contribution is -2.58. The first kappa shape index (κ1) is 15.8. The summed E-state index contributed by atoms with van der Waals surface area (Å²) in [5.41, 5.74) is 0.407. The van der Waals surface area contributed by atoms with Crippen molar-refractivity contribution in [3.63, 3.8) is 0 Å². The van der Waals surface area contributed by atoms with E-state index in [4.69, 9.17) is 9.47 Å². The third kappa shape index (κ3) is 2.00. The first-order chi connectivity index (χ1) is 11.5. The van der Waals surface area contributed by atoms with Gasteiger partial charge in [0.1, 0.15) is 5.78 Å². The van der Waals surface area contributed by atoms with Crippen molar-refractivity contribution >= 4 is 5.78 Å². The number of ketones is 1. The van der Waals surface area contributed by atoms with Gasteiger partial charge < -0.3 is 9.47 Å². The summed E-state index contributed by atoms with van der Waals surface area (Å²) in [4.78, 5) is 12.5. The molecule has 134 valence electrons. The fraction of sp³-hybridized carbons (Fsp3) is 0.952. The van der Waals surface area contributed by atoms with Crippen molar-refractivity contribution in [3.05, 3.63) is 0 Å². The van der Waals surface area contributed by atoms with Crippen LogP contribution in [0, 0.1) is 34.5 Å². The zero-order valence-corrected chi connectivity index (χ0v) is 15.3. The Bertz CT molecular complexity index is 545. The lowest BCUT2D eigenvalue weighted by atomic mass is 9.45. The van der Waals surface area contributed by atoms with Crippen molar-refractivity contribution in [1.82, 2.24) is 0 Å². The molecule has 8 atom stereocenters. The molecule has 0 N–H and O–H groups in total. The molecule has 0 aromatic rings. The number of ether oxygens (including phenoxy) is 2. The van der Waals surface area contributed by atoms with Gasteiger partial charge in [-0.3, -0.25) is 4.79 Å². The van der Waals surface area contributed by atoms with Crippen LogP contribution in [-0.2, 0) is 14.3 Å². The normalized spacial score (nSPS) is 56.8. The Labute approximate surface area is 145 Å². The monoisotopic (exact) mass is 332 g/mol. The summed E-state index contributed by atoms with van der Waals surface area (Å²) in [5, 5.41) is 0. The summed E-state index contributed by atoms with van der Waals surface area (Å²) in [6.45, 7) is 6.39. The summed E-state index contributed by atoms with van der Waals surface area (Å²) in [7, 11) is 0. The van der Waals surface area contributed by atoms with E-state index in [1.165, 1.54) is 32.1 Å². The first-order valence-electron chi connectivity index (χ1n) is 10.3. The lowest BCUT2D eigenvalue weighted by molar-refractivity contribution is -0.213. The predicted octanol–water partition coefficient (Wildman–Crippen LogP) is 3.99. The molecule has 0 radical (unpaired) electrons. The quantitative estimate of drug-likeness (QED) is 0.673. The molecular weight excluding hydrogens is 300 g/mol. The molecule has 0 spiro atoms. The molecule has 5 rings (SSSR count). The molecule has 1 saturated heterocycles. The Balaban J connectivity index is 1.44. The van der Waals surface area contributed by atoms with Crippen molar-refractivity contribution in [2.45, 2.75) is 77.4 Å². The topological polar surface area (TPSA) is 35.5 Å². The van der Waals surface area contributed by atoms with Gasteiger partial charge in [-0.1, -0.05) is 13.8 Å². The number of carbonyl (C=O) groups is 1. The van der Waals surface area contributed by atoms with Crippen LogP contribution in [0.5, 0.6) is 0 Å². The zero-order valence-electron chi connectivity index (χ0n) is 15.3. The van der Waals surface area contributed by atoms with Crippen LogP contribution in [0.2, 0.25) is 0 Å². The van der Waals surface area contributed by atoms with Crippen LogP contribution in [0.4, 0.5) is 0 Å². The molecule has 0 bridgehead atoms. The Morgan fingerprint density at radius 2 is 1.75 bits per heavy atom. The van der Waals surface area contributed by atoms with E-state index in [2.05, 4.69) is 13.8 Å². The predicted molar refractivity (Wildman–Crippen MR) is 91.6 cm³/mol. The summed E-state index contributed by atoms with van der Waals surface area (Å²) in [6, 6.07) is 0. The van der Waals surface area contributed by atoms with Crippen LogP contribution in [0.3, 0.4) is 0 Å². The maximum Gasteiger partial charge on any atom is 0.139 e. The second-order valence-electron chi connectivity index (χ2n) is 9.83. The maximum atomic E-state index is 12.5. The van der Waals surface area contributed by atoms with Crippen molar-refractivity contribution in [1.29, 1.82) is 0 Å². The average Bonchev–Trinajstić information content (AvgIpc) is 2.88. The van der Waals surface area contributed by atoms with Crippen molar-refractivity contribution in [3.8, 4) is 0 Å². The second-order valence-corrected chi connectivity index (χ2v) is 9.83. The van der Waals surface area contributed by atoms with Gasteiger partial charge in [0.15, 0.2) is 0 Å². The second kappa shape index (κ2) is 5.30. The fourth-order valence-electron chi connectivity index (χ4n) is 7.75. The molecule has 5 fully saturated rings. The smallest absolute Gasteiger partial charge is 0.139 e. The molecule has 4 saturated carbocycles. The van der Waals surface area contributed by atoms with E-state index in [1.807, 2.05) is 0 Å². The van der Waals surface area contributed by atoms with Gasteiger partial charge in [0.05, 0.1) is 25.4 Å². The van der Waals surface area contributed by atoms with Gasteiger partial charge >= 0.3 is 0 Å². The van der Waals surface area contributed by atoms with E-state index < -0.39 is 0 Å². The standard InChI is InChI=1S/C21H32O3/c1-20-8-7-16-14(15(20)5-6-19(20)22)4-3-13-11-17-18(12-21(13,16)2)24-10-9-23-17/h13-18H,3-12H2,1-2H3/t13-,14-,15-,16-,17?,18?,20-,21-/m0/s1. The van der Waals surface area contributed by atoms with Gasteiger partial charge in [-0.15, -0.1) is 0 Å². The maximum absolute atomic E-state index is 12.5. The Morgan fingerprint density at radius 1 is 0.958 bits per heavy atom. The van der Waals surface area contributed by atoms with E-state index in [1.54, 1.807) is 0 Å². The molecule has 1 heterocycles. The zero-order chi connectivity index (χ0) is 16.5. The van der Waals surface area contributed by atoms with Crippen molar-refractivity contribution in [2.24, 2.45) is 34.5 Å². The first-order valence-corrected chi connectivity index (χ1v) is 10.3. The van der Waals surface area contributed by atoms with Gasteiger partial charge in [0.25, 0.3) is 0 Å². The van der Waals surface area contributed by atoms with Gasteiger partial charge in [-0.05, 0) is 74.0 Å². The molecule has 4 aliphatic carbocycles. The van der Waals surface area contributed by atoms with Crippen LogP contribution in [0.15, 0.2) is 0 Å². The number of hydrogen-bond donors (Lipinski definition) is 0.